The molecule has 9 heteroatoms. The molecule has 8 nitrogen and oxygen atoms in total. The van der Waals surface area contributed by atoms with E-state index in [4.69, 9.17) is 5.11 Å². The van der Waals surface area contributed by atoms with Crippen LogP contribution in [0, 0.1) is 6.92 Å². The maximum Gasteiger partial charge on any atom is 0.304 e. The lowest BCUT2D eigenvalue weighted by Gasteiger charge is -2.17. The number of aliphatic carboxylic acids is 1. The van der Waals surface area contributed by atoms with E-state index < -0.39 is 16.2 Å². The van der Waals surface area contributed by atoms with Crippen molar-refractivity contribution in [3.8, 4) is 0 Å². The third-order valence-corrected chi connectivity index (χ3v) is 4.39. The van der Waals surface area contributed by atoms with Crippen LogP contribution in [0.1, 0.15) is 12.2 Å². The summed E-state index contributed by atoms with van der Waals surface area (Å²) >= 11 is 0. The Morgan fingerprint density at radius 3 is 2.86 bits per heavy atom. The lowest BCUT2D eigenvalue weighted by atomic mass is 10.3. The van der Waals surface area contributed by atoms with Gasteiger partial charge in [-0.1, -0.05) is 0 Å². The van der Waals surface area contributed by atoms with Gasteiger partial charge in [0.05, 0.1) is 23.1 Å². The molecule has 1 heterocycles. The number of hydrogen-bond donors (Lipinski definition) is 3. The number of hydrogen-bond acceptors (Lipinski definition) is 4. The fraction of sp³-hybridized carbons (Fsp3) is 0.333. The maximum absolute atomic E-state index is 12.0. The van der Waals surface area contributed by atoms with Gasteiger partial charge in [0.1, 0.15) is 5.82 Å². The minimum atomic E-state index is -3.79. The molecule has 0 fully saturated rings. The van der Waals surface area contributed by atoms with Crippen molar-refractivity contribution < 1.29 is 18.3 Å². The zero-order valence-electron chi connectivity index (χ0n) is 11.6. The largest absolute Gasteiger partial charge is 0.481 e. The minimum Gasteiger partial charge on any atom is -0.481 e. The molecular formula is C12H16N4O4S. The molecule has 0 aliphatic carbocycles. The van der Waals surface area contributed by atoms with E-state index in [1.54, 1.807) is 18.2 Å². The molecule has 0 amide bonds. The Labute approximate surface area is 122 Å². The SMILES string of the molecule is Cc1nc2ccc(NS(=O)(=O)N(C)CCC(=O)O)cc2[nH]1. The number of aromatic nitrogens is 2. The number of rotatable bonds is 6. The van der Waals surface area contributed by atoms with Gasteiger partial charge in [-0.15, -0.1) is 0 Å². The molecule has 2 rings (SSSR count). The Balaban J connectivity index is 2.15. The van der Waals surface area contributed by atoms with Crippen LogP contribution in [-0.4, -0.2) is 47.4 Å². The summed E-state index contributed by atoms with van der Waals surface area (Å²) in [5.41, 5.74) is 1.85. The molecule has 1 aromatic carbocycles. The van der Waals surface area contributed by atoms with E-state index in [9.17, 15) is 13.2 Å². The number of carbonyl (C=O) groups is 1. The molecule has 114 valence electrons. The number of carboxylic acids is 1. The zero-order valence-corrected chi connectivity index (χ0v) is 12.4. The predicted octanol–water partition coefficient (Wildman–Crippen LogP) is 0.935. The van der Waals surface area contributed by atoms with E-state index in [2.05, 4.69) is 14.7 Å². The number of imidazole rings is 1. The van der Waals surface area contributed by atoms with Gasteiger partial charge in [0, 0.05) is 13.6 Å². The average molecular weight is 312 g/mol. The first-order valence-corrected chi connectivity index (χ1v) is 7.64. The molecule has 0 saturated heterocycles. The first-order valence-electron chi connectivity index (χ1n) is 6.20. The summed E-state index contributed by atoms with van der Waals surface area (Å²) < 4.78 is 27.5. The van der Waals surface area contributed by atoms with Gasteiger partial charge in [-0.2, -0.15) is 12.7 Å². The van der Waals surface area contributed by atoms with Gasteiger partial charge in [0.2, 0.25) is 0 Å². The highest BCUT2D eigenvalue weighted by Gasteiger charge is 2.18. The zero-order chi connectivity index (χ0) is 15.6. The van der Waals surface area contributed by atoms with E-state index in [1.807, 2.05) is 6.92 Å². The lowest BCUT2D eigenvalue weighted by Crippen LogP contribution is -2.34. The summed E-state index contributed by atoms with van der Waals surface area (Å²) in [6.45, 7) is 1.71. The van der Waals surface area contributed by atoms with Crippen molar-refractivity contribution >= 4 is 32.9 Å². The van der Waals surface area contributed by atoms with E-state index in [0.29, 0.717) is 5.69 Å². The molecule has 0 unspecified atom stereocenters. The van der Waals surface area contributed by atoms with Crippen LogP contribution in [0.3, 0.4) is 0 Å². The van der Waals surface area contributed by atoms with E-state index in [0.717, 1.165) is 21.2 Å². The van der Waals surface area contributed by atoms with Gasteiger partial charge >= 0.3 is 16.2 Å². The normalized spacial score (nSPS) is 12.0. The molecule has 0 aliphatic heterocycles. The Hall–Kier alpha value is -2.13. The monoisotopic (exact) mass is 312 g/mol. The highest BCUT2D eigenvalue weighted by Crippen LogP contribution is 2.18. The third-order valence-electron chi connectivity index (χ3n) is 2.90. The molecule has 0 spiro atoms. The molecule has 0 saturated carbocycles. The van der Waals surface area contributed by atoms with Crippen molar-refractivity contribution in [3.05, 3.63) is 24.0 Å². The number of aryl methyl sites for hydroxylation is 1. The molecule has 0 atom stereocenters. The average Bonchev–Trinajstić information content (AvgIpc) is 2.74. The number of benzene rings is 1. The Bertz CT molecular complexity index is 769. The third kappa shape index (κ3) is 3.70. The van der Waals surface area contributed by atoms with Gasteiger partial charge in [0.15, 0.2) is 0 Å². The summed E-state index contributed by atoms with van der Waals surface area (Å²) in [5.74, 6) is -0.310. The van der Waals surface area contributed by atoms with E-state index in [1.165, 1.54) is 7.05 Å². The van der Waals surface area contributed by atoms with Crippen molar-refractivity contribution in [2.24, 2.45) is 0 Å². The summed E-state index contributed by atoms with van der Waals surface area (Å²) in [5, 5.41) is 8.59. The van der Waals surface area contributed by atoms with Crippen molar-refractivity contribution in [1.82, 2.24) is 14.3 Å². The van der Waals surface area contributed by atoms with Gasteiger partial charge in [0.25, 0.3) is 0 Å². The Morgan fingerprint density at radius 1 is 1.48 bits per heavy atom. The van der Waals surface area contributed by atoms with Gasteiger partial charge in [-0.3, -0.25) is 9.52 Å². The van der Waals surface area contributed by atoms with Crippen LogP contribution in [0.25, 0.3) is 11.0 Å². The van der Waals surface area contributed by atoms with Crippen LogP contribution in [0.2, 0.25) is 0 Å². The molecular weight excluding hydrogens is 296 g/mol. The second kappa shape index (κ2) is 5.70. The quantitative estimate of drug-likeness (QED) is 0.734. The van der Waals surface area contributed by atoms with Gasteiger partial charge in [-0.05, 0) is 25.1 Å². The maximum atomic E-state index is 12.0. The number of carboxylic acid groups (broad SMARTS) is 1. The highest BCUT2D eigenvalue weighted by atomic mass is 32.2. The molecule has 0 aliphatic rings. The lowest BCUT2D eigenvalue weighted by molar-refractivity contribution is -0.137. The van der Waals surface area contributed by atoms with E-state index >= 15 is 0 Å². The van der Waals surface area contributed by atoms with Crippen LogP contribution >= 0.6 is 0 Å². The molecule has 1 aromatic heterocycles. The van der Waals surface area contributed by atoms with Crippen molar-refractivity contribution in [2.45, 2.75) is 13.3 Å². The molecule has 0 bridgehead atoms. The van der Waals surface area contributed by atoms with E-state index in [-0.39, 0.29) is 13.0 Å². The van der Waals surface area contributed by atoms with Crippen molar-refractivity contribution in [3.63, 3.8) is 0 Å². The van der Waals surface area contributed by atoms with Crippen LogP contribution in [0.4, 0.5) is 5.69 Å². The van der Waals surface area contributed by atoms with Gasteiger partial charge in [-0.25, -0.2) is 4.98 Å². The van der Waals surface area contributed by atoms with Gasteiger partial charge < -0.3 is 10.1 Å². The standard InChI is InChI=1S/C12H16N4O4S/c1-8-13-10-4-3-9(7-11(10)14-8)15-21(19,20)16(2)6-5-12(17)18/h3-4,7,15H,5-6H2,1-2H3,(H,13,14)(H,17,18). The first-order chi connectivity index (χ1) is 9.78. The molecule has 0 radical (unpaired) electrons. The number of anilines is 1. The summed E-state index contributed by atoms with van der Waals surface area (Å²) in [6.07, 6.45) is -0.254. The van der Waals surface area contributed by atoms with Crippen LogP contribution in [-0.2, 0) is 15.0 Å². The highest BCUT2D eigenvalue weighted by molar-refractivity contribution is 7.90. The topological polar surface area (TPSA) is 115 Å². The fourth-order valence-electron chi connectivity index (χ4n) is 1.80. The van der Waals surface area contributed by atoms with Crippen molar-refractivity contribution in [2.75, 3.05) is 18.3 Å². The number of nitrogens with zero attached hydrogens (tertiary/aromatic N) is 2. The predicted molar refractivity (Wildman–Crippen MR) is 78.3 cm³/mol. The number of H-pyrrole nitrogens is 1. The fourth-order valence-corrected chi connectivity index (χ4v) is 2.71. The second-order valence-electron chi connectivity index (χ2n) is 4.63. The Morgan fingerprint density at radius 2 is 2.19 bits per heavy atom. The first kappa shape index (κ1) is 15.3. The minimum absolute atomic E-state index is 0.101. The summed E-state index contributed by atoms with van der Waals surface area (Å²) in [6, 6.07) is 4.94. The molecule has 3 N–H and O–H groups in total. The van der Waals surface area contributed by atoms with Crippen LogP contribution in [0.5, 0.6) is 0 Å². The van der Waals surface area contributed by atoms with Crippen LogP contribution in [0.15, 0.2) is 18.2 Å². The summed E-state index contributed by atoms with van der Waals surface area (Å²) in [7, 11) is -2.46. The Kier molecular flexibility index (Phi) is 4.14. The molecule has 21 heavy (non-hydrogen) atoms. The van der Waals surface area contributed by atoms with Crippen LogP contribution < -0.4 is 4.72 Å². The number of fused-ring (bicyclic) bond motifs is 1. The molecule has 2 aromatic rings. The number of aromatic amines is 1. The number of nitrogens with one attached hydrogen (secondary N) is 2. The second-order valence-corrected chi connectivity index (χ2v) is 6.40. The summed E-state index contributed by atoms with van der Waals surface area (Å²) in [4.78, 5) is 17.7. The smallest absolute Gasteiger partial charge is 0.304 e. The van der Waals surface area contributed by atoms with Crippen molar-refractivity contribution in [1.29, 1.82) is 0 Å².